The molecule has 1 saturated carbocycles. The number of ether oxygens (including phenoxy) is 2. The van der Waals surface area contributed by atoms with Crippen molar-refractivity contribution in [3.8, 4) is 0 Å². The minimum absolute atomic E-state index is 0.0715. The van der Waals surface area contributed by atoms with Gasteiger partial charge in [0.25, 0.3) is 0 Å². The standard InChI is InChI=1S/C15H23NO4/c17-14(7-12-8-15(18)20-9-12)16-4-5-19-10-13(16)6-11-2-1-3-11/h11-13H,1-10H2/t12-,13+/m0/s1. The van der Waals surface area contributed by atoms with Gasteiger partial charge in [0.05, 0.1) is 32.3 Å². The van der Waals surface area contributed by atoms with Crippen LogP contribution in [0.3, 0.4) is 0 Å². The van der Waals surface area contributed by atoms with Crippen molar-refractivity contribution in [2.45, 2.75) is 44.6 Å². The maximum atomic E-state index is 12.5. The Balaban J connectivity index is 1.54. The summed E-state index contributed by atoms with van der Waals surface area (Å²) < 4.78 is 10.5. The minimum Gasteiger partial charge on any atom is -0.465 e. The first-order valence-corrected chi connectivity index (χ1v) is 7.75. The highest BCUT2D eigenvalue weighted by Crippen LogP contribution is 2.32. The maximum Gasteiger partial charge on any atom is 0.306 e. The van der Waals surface area contributed by atoms with E-state index in [1.807, 2.05) is 4.90 Å². The van der Waals surface area contributed by atoms with Crippen LogP contribution in [-0.4, -0.2) is 49.2 Å². The van der Waals surface area contributed by atoms with Gasteiger partial charge in [-0.15, -0.1) is 0 Å². The van der Waals surface area contributed by atoms with Gasteiger partial charge in [-0.1, -0.05) is 19.3 Å². The molecule has 2 atom stereocenters. The van der Waals surface area contributed by atoms with Gasteiger partial charge in [-0.25, -0.2) is 0 Å². The number of morpholine rings is 1. The summed E-state index contributed by atoms with van der Waals surface area (Å²) in [7, 11) is 0. The molecule has 0 aromatic heterocycles. The number of amides is 1. The summed E-state index contributed by atoms with van der Waals surface area (Å²) in [6.45, 7) is 2.40. The van der Waals surface area contributed by atoms with Gasteiger partial charge in [-0.2, -0.15) is 0 Å². The molecule has 0 aromatic carbocycles. The van der Waals surface area contributed by atoms with Crippen LogP contribution in [-0.2, 0) is 19.1 Å². The van der Waals surface area contributed by atoms with E-state index in [-0.39, 0.29) is 23.8 Å². The average Bonchev–Trinajstić information content (AvgIpc) is 2.80. The second kappa shape index (κ2) is 6.12. The number of carbonyl (C=O) groups excluding carboxylic acids is 2. The Kier molecular flexibility index (Phi) is 4.24. The predicted molar refractivity (Wildman–Crippen MR) is 72.0 cm³/mol. The third-order valence-corrected chi connectivity index (χ3v) is 4.78. The molecule has 3 fully saturated rings. The first-order valence-electron chi connectivity index (χ1n) is 7.75. The Hall–Kier alpha value is -1.10. The molecule has 0 aromatic rings. The second-order valence-electron chi connectivity index (χ2n) is 6.31. The molecule has 1 amide bonds. The molecule has 0 spiro atoms. The summed E-state index contributed by atoms with van der Waals surface area (Å²) >= 11 is 0. The van der Waals surface area contributed by atoms with Crippen molar-refractivity contribution in [3.05, 3.63) is 0 Å². The van der Waals surface area contributed by atoms with Crippen molar-refractivity contribution in [2.24, 2.45) is 11.8 Å². The minimum atomic E-state index is -0.171. The van der Waals surface area contributed by atoms with E-state index in [9.17, 15) is 9.59 Å². The topological polar surface area (TPSA) is 55.8 Å². The average molecular weight is 281 g/mol. The number of carbonyl (C=O) groups is 2. The zero-order valence-electron chi connectivity index (χ0n) is 11.9. The summed E-state index contributed by atoms with van der Waals surface area (Å²) in [5.41, 5.74) is 0. The van der Waals surface area contributed by atoms with Gasteiger partial charge in [0.2, 0.25) is 5.91 Å². The fourth-order valence-corrected chi connectivity index (χ4v) is 3.35. The molecule has 2 heterocycles. The summed E-state index contributed by atoms with van der Waals surface area (Å²) in [5.74, 6) is 0.840. The quantitative estimate of drug-likeness (QED) is 0.730. The number of rotatable bonds is 4. The third-order valence-electron chi connectivity index (χ3n) is 4.78. The first kappa shape index (κ1) is 13.9. The Morgan fingerprint density at radius 1 is 1.25 bits per heavy atom. The Bertz CT molecular complexity index is 380. The highest BCUT2D eigenvalue weighted by Gasteiger charge is 2.34. The number of nitrogens with zero attached hydrogens (tertiary/aromatic N) is 1. The van der Waals surface area contributed by atoms with E-state index in [0.717, 1.165) is 12.3 Å². The fraction of sp³-hybridized carbons (Fsp3) is 0.867. The van der Waals surface area contributed by atoms with E-state index in [1.165, 1.54) is 19.3 Å². The van der Waals surface area contributed by atoms with Gasteiger partial charge >= 0.3 is 5.97 Å². The van der Waals surface area contributed by atoms with Crippen LogP contribution in [0.25, 0.3) is 0 Å². The molecule has 0 radical (unpaired) electrons. The van der Waals surface area contributed by atoms with Gasteiger partial charge < -0.3 is 14.4 Å². The molecule has 5 nitrogen and oxygen atoms in total. The highest BCUT2D eigenvalue weighted by atomic mass is 16.5. The summed E-state index contributed by atoms with van der Waals surface area (Å²) in [6.07, 6.45) is 5.82. The number of hydrogen-bond acceptors (Lipinski definition) is 4. The molecular weight excluding hydrogens is 258 g/mol. The lowest BCUT2D eigenvalue weighted by Crippen LogP contribution is -2.50. The lowest BCUT2D eigenvalue weighted by atomic mass is 9.80. The van der Waals surface area contributed by atoms with Crippen LogP contribution in [0, 0.1) is 11.8 Å². The largest absolute Gasteiger partial charge is 0.465 e. The lowest BCUT2D eigenvalue weighted by molar-refractivity contribution is -0.142. The van der Waals surface area contributed by atoms with Crippen molar-refractivity contribution in [3.63, 3.8) is 0 Å². The van der Waals surface area contributed by atoms with E-state index in [0.29, 0.717) is 39.2 Å². The van der Waals surface area contributed by atoms with Gasteiger partial charge in [0, 0.05) is 18.9 Å². The first-order chi connectivity index (χ1) is 9.72. The van der Waals surface area contributed by atoms with Crippen LogP contribution in [0.15, 0.2) is 0 Å². The third kappa shape index (κ3) is 3.14. The SMILES string of the molecule is O=C1C[C@H](CC(=O)N2CCOC[C@H]2CC2CCC2)CO1. The molecule has 112 valence electrons. The molecule has 1 aliphatic carbocycles. The molecule has 0 bridgehead atoms. The van der Waals surface area contributed by atoms with Gasteiger partial charge in [0.1, 0.15) is 0 Å². The molecule has 5 heteroatoms. The van der Waals surface area contributed by atoms with Crippen molar-refractivity contribution in [1.29, 1.82) is 0 Å². The molecule has 2 saturated heterocycles. The fourth-order valence-electron chi connectivity index (χ4n) is 3.35. The number of esters is 1. The second-order valence-corrected chi connectivity index (χ2v) is 6.31. The van der Waals surface area contributed by atoms with Crippen molar-refractivity contribution in [2.75, 3.05) is 26.4 Å². The van der Waals surface area contributed by atoms with Crippen molar-refractivity contribution in [1.82, 2.24) is 4.90 Å². The molecule has 2 aliphatic heterocycles. The smallest absolute Gasteiger partial charge is 0.306 e. The summed E-state index contributed by atoms with van der Waals surface area (Å²) in [5, 5.41) is 0. The van der Waals surface area contributed by atoms with Gasteiger partial charge in [-0.05, 0) is 12.3 Å². The molecule has 3 rings (SSSR count). The zero-order valence-corrected chi connectivity index (χ0v) is 11.9. The van der Waals surface area contributed by atoms with Gasteiger partial charge in [0.15, 0.2) is 0 Å². The van der Waals surface area contributed by atoms with Crippen LogP contribution >= 0.6 is 0 Å². The van der Waals surface area contributed by atoms with Crippen LogP contribution < -0.4 is 0 Å². The molecular formula is C15H23NO4. The Morgan fingerprint density at radius 2 is 2.10 bits per heavy atom. The monoisotopic (exact) mass is 281 g/mol. The predicted octanol–water partition coefficient (Wildman–Crippen LogP) is 1.36. The van der Waals surface area contributed by atoms with Gasteiger partial charge in [-0.3, -0.25) is 9.59 Å². The number of cyclic esters (lactones) is 1. The van der Waals surface area contributed by atoms with E-state index in [2.05, 4.69) is 0 Å². The molecule has 20 heavy (non-hydrogen) atoms. The van der Waals surface area contributed by atoms with Crippen LogP contribution in [0.4, 0.5) is 0 Å². The zero-order chi connectivity index (χ0) is 13.9. The van der Waals surface area contributed by atoms with E-state index in [4.69, 9.17) is 9.47 Å². The van der Waals surface area contributed by atoms with E-state index < -0.39 is 0 Å². The van der Waals surface area contributed by atoms with Crippen LogP contribution in [0.5, 0.6) is 0 Å². The van der Waals surface area contributed by atoms with E-state index >= 15 is 0 Å². The Morgan fingerprint density at radius 3 is 2.75 bits per heavy atom. The lowest BCUT2D eigenvalue weighted by Gasteiger charge is -2.39. The number of hydrogen-bond donors (Lipinski definition) is 0. The summed E-state index contributed by atoms with van der Waals surface area (Å²) in [6, 6.07) is 0.236. The molecule has 3 aliphatic rings. The normalized spacial score (nSPS) is 31.0. The maximum absolute atomic E-state index is 12.5. The van der Waals surface area contributed by atoms with E-state index in [1.54, 1.807) is 0 Å². The summed E-state index contributed by atoms with van der Waals surface area (Å²) in [4.78, 5) is 25.6. The molecule has 0 N–H and O–H groups in total. The molecule has 0 unspecified atom stereocenters. The van der Waals surface area contributed by atoms with Crippen molar-refractivity contribution < 1.29 is 19.1 Å². The van der Waals surface area contributed by atoms with Crippen molar-refractivity contribution >= 4 is 11.9 Å². The van der Waals surface area contributed by atoms with Crippen LogP contribution in [0.1, 0.15) is 38.5 Å². The highest BCUT2D eigenvalue weighted by molar-refractivity contribution is 5.79. The Labute approximate surface area is 119 Å². The van der Waals surface area contributed by atoms with Crippen LogP contribution in [0.2, 0.25) is 0 Å².